The molecule has 0 spiro atoms. The summed E-state index contributed by atoms with van der Waals surface area (Å²) in [5.74, 6) is -0.251. The third-order valence-corrected chi connectivity index (χ3v) is 4.24. The van der Waals surface area contributed by atoms with Crippen molar-refractivity contribution in [3.8, 4) is 5.69 Å². The third kappa shape index (κ3) is 2.32. The van der Waals surface area contributed by atoms with Crippen LogP contribution in [0.15, 0.2) is 48.5 Å². The fourth-order valence-corrected chi connectivity index (χ4v) is 2.83. The van der Waals surface area contributed by atoms with Crippen molar-refractivity contribution in [3.63, 3.8) is 0 Å². The molecule has 1 N–H and O–H groups in total. The van der Waals surface area contributed by atoms with Crippen molar-refractivity contribution in [1.82, 2.24) is 4.57 Å². The van der Waals surface area contributed by atoms with Crippen LogP contribution in [0.4, 0.5) is 4.39 Å². The van der Waals surface area contributed by atoms with Crippen molar-refractivity contribution in [2.45, 2.75) is 26.2 Å². The number of hydrogen-bond acceptors (Lipinski definition) is 1. The van der Waals surface area contributed by atoms with Gasteiger partial charge in [-0.15, -0.1) is 0 Å². The Kier molecular flexibility index (Phi) is 3.53. The quantitative estimate of drug-likeness (QED) is 0.764. The van der Waals surface area contributed by atoms with Crippen LogP contribution in [0.3, 0.4) is 0 Å². The monoisotopic (exact) mass is 297 g/mol. The minimum Gasteiger partial charge on any atom is -0.395 e. The number of halogens is 1. The molecule has 0 aliphatic rings. The largest absolute Gasteiger partial charge is 0.395 e. The van der Waals surface area contributed by atoms with Gasteiger partial charge in [0.15, 0.2) is 0 Å². The SMILES string of the molecule is Cc1cccc2c1cc(C(C)(C)CO)n2-c1ccc(F)cc1. The first-order valence-electron chi connectivity index (χ1n) is 7.42. The zero-order valence-electron chi connectivity index (χ0n) is 13.1. The average Bonchev–Trinajstić information content (AvgIpc) is 2.90. The highest BCUT2D eigenvalue weighted by atomic mass is 19.1. The van der Waals surface area contributed by atoms with E-state index in [0.717, 1.165) is 22.3 Å². The summed E-state index contributed by atoms with van der Waals surface area (Å²) in [7, 11) is 0. The molecule has 0 unspecified atom stereocenters. The van der Waals surface area contributed by atoms with Crippen LogP contribution in [0.25, 0.3) is 16.6 Å². The standard InChI is InChI=1S/C19H20FNO/c1-13-5-4-6-17-16(13)11-18(19(2,3)12-22)21(17)15-9-7-14(20)8-10-15/h4-11,22H,12H2,1-3H3. The normalized spacial score (nSPS) is 12.0. The highest BCUT2D eigenvalue weighted by Gasteiger charge is 2.26. The molecule has 3 heteroatoms. The fraction of sp³-hybridized carbons (Fsp3) is 0.263. The molecule has 1 heterocycles. The van der Waals surface area contributed by atoms with E-state index in [9.17, 15) is 9.50 Å². The van der Waals surface area contributed by atoms with Crippen molar-refractivity contribution >= 4 is 10.9 Å². The van der Waals surface area contributed by atoms with E-state index in [-0.39, 0.29) is 17.8 Å². The van der Waals surface area contributed by atoms with Crippen molar-refractivity contribution in [1.29, 1.82) is 0 Å². The first-order valence-corrected chi connectivity index (χ1v) is 7.42. The molecule has 0 saturated carbocycles. The average molecular weight is 297 g/mol. The maximum atomic E-state index is 13.3. The van der Waals surface area contributed by atoms with Gasteiger partial charge in [0, 0.05) is 22.2 Å². The van der Waals surface area contributed by atoms with Crippen LogP contribution in [0.1, 0.15) is 25.1 Å². The van der Waals surface area contributed by atoms with Crippen molar-refractivity contribution in [2.75, 3.05) is 6.61 Å². The van der Waals surface area contributed by atoms with E-state index >= 15 is 0 Å². The molecule has 2 nitrogen and oxygen atoms in total. The van der Waals surface area contributed by atoms with E-state index in [1.54, 1.807) is 12.1 Å². The predicted octanol–water partition coefficient (Wildman–Crippen LogP) is 4.35. The molecule has 3 rings (SSSR count). The molecular formula is C19H20FNO. The van der Waals surface area contributed by atoms with Gasteiger partial charge in [0.25, 0.3) is 0 Å². The summed E-state index contributed by atoms with van der Waals surface area (Å²) >= 11 is 0. The molecule has 0 radical (unpaired) electrons. The molecule has 0 amide bonds. The molecule has 114 valence electrons. The van der Waals surface area contributed by atoms with Gasteiger partial charge in [-0.2, -0.15) is 0 Å². The number of nitrogens with zero attached hydrogens (tertiary/aromatic N) is 1. The summed E-state index contributed by atoms with van der Waals surface area (Å²) in [4.78, 5) is 0. The van der Waals surface area contributed by atoms with E-state index in [1.807, 2.05) is 19.9 Å². The Bertz CT molecular complexity index is 815. The summed E-state index contributed by atoms with van der Waals surface area (Å²) < 4.78 is 15.4. The van der Waals surface area contributed by atoms with Gasteiger partial charge in [0.1, 0.15) is 5.82 Å². The summed E-state index contributed by atoms with van der Waals surface area (Å²) in [5, 5.41) is 10.9. The lowest BCUT2D eigenvalue weighted by atomic mass is 9.90. The predicted molar refractivity (Wildman–Crippen MR) is 88.1 cm³/mol. The molecule has 0 aliphatic heterocycles. The third-order valence-electron chi connectivity index (χ3n) is 4.24. The van der Waals surface area contributed by atoms with E-state index in [4.69, 9.17) is 0 Å². The Morgan fingerprint density at radius 3 is 2.41 bits per heavy atom. The van der Waals surface area contributed by atoms with Crippen LogP contribution >= 0.6 is 0 Å². The van der Waals surface area contributed by atoms with Gasteiger partial charge in [0.2, 0.25) is 0 Å². The molecule has 2 aromatic carbocycles. The molecule has 0 fully saturated rings. The second kappa shape index (κ2) is 5.25. The van der Waals surface area contributed by atoms with Gasteiger partial charge in [-0.25, -0.2) is 4.39 Å². The highest BCUT2D eigenvalue weighted by Crippen LogP contribution is 2.33. The Morgan fingerprint density at radius 2 is 1.77 bits per heavy atom. The second-order valence-corrected chi connectivity index (χ2v) is 6.39. The zero-order valence-corrected chi connectivity index (χ0v) is 13.1. The van der Waals surface area contributed by atoms with Gasteiger partial charge in [-0.1, -0.05) is 26.0 Å². The lowest BCUT2D eigenvalue weighted by molar-refractivity contribution is 0.214. The summed E-state index contributed by atoms with van der Waals surface area (Å²) in [6, 6.07) is 14.8. The number of aromatic nitrogens is 1. The Balaban J connectivity index is 2.37. The summed E-state index contributed by atoms with van der Waals surface area (Å²) in [5.41, 5.74) is 3.79. The number of rotatable bonds is 3. The summed E-state index contributed by atoms with van der Waals surface area (Å²) in [6.07, 6.45) is 0. The van der Waals surface area contributed by atoms with E-state index in [2.05, 4.69) is 29.7 Å². The molecule has 0 saturated heterocycles. The van der Waals surface area contributed by atoms with E-state index in [1.165, 1.54) is 17.7 Å². The lowest BCUT2D eigenvalue weighted by Crippen LogP contribution is -2.25. The van der Waals surface area contributed by atoms with Crippen LogP contribution in [0.2, 0.25) is 0 Å². The minimum atomic E-state index is -0.389. The van der Waals surface area contributed by atoms with E-state index < -0.39 is 0 Å². The van der Waals surface area contributed by atoms with Gasteiger partial charge in [-0.05, 0) is 48.9 Å². The molecular weight excluding hydrogens is 277 g/mol. The Hall–Kier alpha value is -2.13. The Morgan fingerprint density at radius 1 is 1.09 bits per heavy atom. The number of fused-ring (bicyclic) bond motifs is 1. The number of aryl methyl sites for hydroxylation is 1. The van der Waals surface area contributed by atoms with Crippen LogP contribution < -0.4 is 0 Å². The van der Waals surface area contributed by atoms with Crippen LogP contribution in [-0.4, -0.2) is 16.3 Å². The number of aliphatic hydroxyl groups is 1. The van der Waals surface area contributed by atoms with Gasteiger partial charge in [-0.3, -0.25) is 0 Å². The van der Waals surface area contributed by atoms with Gasteiger partial charge < -0.3 is 9.67 Å². The number of hydrogen-bond donors (Lipinski definition) is 1. The molecule has 3 aromatic rings. The number of benzene rings is 2. The van der Waals surface area contributed by atoms with Gasteiger partial charge in [0.05, 0.1) is 12.1 Å². The van der Waals surface area contributed by atoms with Crippen LogP contribution in [-0.2, 0) is 5.41 Å². The second-order valence-electron chi connectivity index (χ2n) is 6.39. The first-order chi connectivity index (χ1) is 10.4. The first kappa shape index (κ1) is 14.8. The maximum Gasteiger partial charge on any atom is 0.123 e. The van der Waals surface area contributed by atoms with Crippen molar-refractivity contribution in [2.24, 2.45) is 0 Å². The molecule has 0 atom stereocenters. The Labute approximate surface area is 129 Å². The molecule has 0 bridgehead atoms. The topological polar surface area (TPSA) is 25.2 Å². The van der Waals surface area contributed by atoms with Crippen LogP contribution in [0.5, 0.6) is 0 Å². The molecule has 22 heavy (non-hydrogen) atoms. The minimum absolute atomic E-state index is 0.0452. The van der Waals surface area contributed by atoms with Crippen molar-refractivity contribution in [3.05, 3.63) is 65.6 Å². The van der Waals surface area contributed by atoms with Gasteiger partial charge >= 0.3 is 0 Å². The molecule has 1 aromatic heterocycles. The van der Waals surface area contributed by atoms with Crippen molar-refractivity contribution < 1.29 is 9.50 Å². The lowest BCUT2D eigenvalue weighted by Gasteiger charge is -2.24. The smallest absolute Gasteiger partial charge is 0.123 e. The fourth-order valence-electron chi connectivity index (χ4n) is 2.83. The summed E-state index contributed by atoms with van der Waals surface area (Å²) in [6.45, 7) is 6.14. The number of aliphatic hydroxyl groups excluding tert-OH is 1. The van der Waals surface area contributed by atoms with Crippen LogP contribution in [0, 0.1) is 12.7 Å². The highest BCUT2D eigenvalue weighted by molar-refractivity contribution is 5.86. The molecule has 0 aliphatic carbocycles. The zero-order chi connectivity index (χ0) is 15.9. The maximum absolute atomic E-state index is 13.3. The van der Waals surface area contributed by atoms with E-state index in [0.29, 0.717) is 0 Å².